The number of carbonyl (C=O) groups is 2. The van der Waals surface area contributed by atoms with Gasteiger partial charge < -0.3 is 15.0 Å². The number of hydrogen-bond donors (Lipinski definition) is 1. The molecule has 1 aliphatic carbocycles. The molecule has 1 amide bonds. The predicted molar refractivity (Wildman–Crippen MR) is 165 cm³/mol. The molecular formula is C33H40N4O4S. The Balaban J connectivity index is 1.23. The number of rotatable bonds is 10. The summed E-state index contributed by atoms with van der Waals surface area (Å²) in [7, 11) is 0. The van der Waals surface area contributed by atoms with Gasteiger partial charge in [0.1, 0.15) is 5.75 Å². The van der Waals surface area contributed by atoms with E-state index in [1.807, 2.05) is 49.4 Å². The molecule has 1 N–H and O–H groups in total. The van der Waals surface area contributed by atoms with Crippen LogP contribution in [0.15, 0.2) is 64.5 Å². The van der Waals surface area contributed by atoms with Crippen molar-refractivity contribution in [1.29, 1.82) is 0 Å². The van der Waals surface area contributed by atoms with Gasteiger partial charge in [-0.1, -0.05) is 68.3 Å². The standard InChI is InChI=1S/C33H40N4O4S/c1-3-31(39)41-26-16-14-24(15-17-26)23(2)34-20-18-30(38)36-21-19-29-28(22-36)32(40)37(25-10-6-4-7-11-25)33(35-29)42-27-12-8-5-9-13-27/h4,6-7,10-11,14-17,23,27,34H,3,5,8-9,12-13,18-22H2,1-2H3. The molecule has 3 aromatic rings. The van der Waals surface area contributed by atoms with Crippen LogP contribution in [0.4, 0.5) is 0 Å². The molecule has 9 heteroatoms. The van der Waals surface area contributed by atoms with Gasteiger partial charge in [0.05, 0.1) is 23.5 Å². The third-order valence-electron chi connectivity index (χ3n) is 8.08. The van der Waals surface area contributed by atoms with Gasteiger partial charge in [0.2, 0.25) is 5.91 Å². The van der Waals surface area contributed by atoms with Crippen molar-refractivity contribution in [2.24, 2.45) is 0 Å². The van der Waals surface area contributed by atoms with Gasteiger partial charge in [-0.2, -0.15) is 0 Å². The van der Waals surface area contributed by atoms with Crippen LogP contribution in [0.5, 0.6) is 5.75 Å². The fraction of sp³-hybridized carbons (Fsp3) is 0.455. The van der Waals surface area contributed by atoms with Crippen molar-refractivity contribution in [3.8, 4) is 11.4 Å². The van der Waals surface area contributed by atoms with Gasteiger partial charge >= 0.3 is 5.97 Å². The fourth-order valence-corrected chi connectivity index (χ4v) is 6.91. The van der Waals surface area contributed by atoms with E-state index in [1.165, 1.54) is 19.3 Å². The zero-order chi connectivity index (χ0) is 29.5. The van der Waals surface area contributed by atoms with E-state index in [0.29, 0.717) is 48.9 Å². The number of hydrogen-bond acceptors (Lipinski definition) is 7. The molecule has 2 aromatic carbocycles. The first kappa shape index (κ1) is 30.0. The fourth-order valence-electron chi connectivity index (χ4n) is 5.58. The molecule has 0 saturated heterocycles. The van der Waals surface area contributed by atoms with Crippen LogP contribution in [0.3, 0.4) is 0 Å². The number of aromatic nitrogens is 2. The highest BCUT2D eigenvalue weighted by molar-refractivity contribution is 7.99. The molecule has 0 bridgehead atoms. The van der Waals surface area contributed by atoms with Gasteiger partial charge in [0.15, 0.2) is 5.16 Å². The maximum absolute atomic E-state index is 13.9. The molecule has 222 valence electrons. The van der Waals surface area contributed by atoms with E-state index < -0.39 is 0 Å². The monoisotopic (exact) mass is 588 g/mol. The first-order valence-electron chi connectivity index (χ1n) is 15.1. The van der Waals surface area contributed by atoms with Crippen molar-refractivity contribution >= 4 is 23.6 Å². The molecule has 0 radical (unpaired) electrons. The lowest BCUT2D eigenvalue weighted by Crippen LogP contribution is -2.42. The van der Waals surface area contributed by atoms with Crippen molar-refractivity contribution in [3.63, 3.8) is 0 Å². The number of esters is 1. The van der Waals surface area contributed by atoms with Crippen molar-refractivity contribution in [2.45, 2.75) is 88.2 Å². The van der Waals surface area contributed by atoms with Crippen molar-refractivity contribution in [2.75, 3.05) is 13.1 Å². The van der Waals surface area contributed by atoms with E-state index in [1.54, 1.807) is 40.3 Å². The SMILES string of the molecule is CCC(=O)Oc1ccc(C(C)NCCC(=O)N2CCc3nc(SC4CCCCC4)n(-c4ccccc4)c(=O)c3C2)cc1. The number of ether oxygens (including phenoxy) is 1. The predicted octanol–water partition coefficient (Wildman–Crippen LogP) is 5.60. The Labute approximate surface area is 251 Å². The van der Waals surface area contributed by atoms with E-state index in [4.69, 9.17) is 9.72 Å². The van der Waals surface area contributed by atoms with Crippen LogP contribution >= 0.6 is 11.8 Å². The van der Waals surface area contributed by atoms with Gasteiger partial charge in [0, 0.05) is 43.6 Å². The highest BCUT2D eigenvalue weighted by Gasteiger charge is 2.28. The molecule has 1 fully saturated rings. The molecule has 1 aliphatic heterocycles. The summed E-state index contributed by atoms with van der Waals surface area (Å²) in [6, 6.07) is 17.2. The first-order valence-corrected chi connectivity index (χ1v) is 16.0. The number of carbonyl (C=O) groups excluding carboxylic acids is 2. The maximum atomic E-state index is 13.9. The Morgan fingerprint density at radius 1 is 1.07 bits per heavy atom. The lowest BCUT2D eigenvalue weighted by atomic mass is 10.0. The van der Waals surface area contributed by atoms with Crippen LogP contribution in [-0.2, 0) is 22.6 Å². The largest absolute Gasteiger partial charge is 0.427 e. The number of thioether (sulfide) groups is 1. The Kier molecular flexibility index (Phi) is 10.1. The number of benzene rings is 2. The van der Waals surface area contributed by atoms with E-state index in [9.17, 15) is 14.4 Å². The number of fused-ring (bicyclic) bond motifs is 1. The van der Waals surface area contributed by atoms with E-state index >= 15 is 0 Å². The van der Waals surface area contributed by atoms with Gasteiger partial charge in [-0.3, -0.25) is 19.0 Å². The molecular weight excluding hydrogens is 548 g/mol. The number of nitrogens with one attached hydrogen (secondary N) is 1. The summed E-state index contributed by atoms with van der Waals surface area (Å²) in [6.07, 6.45) is 7.29. The second-order valence-electron chi connectivity index (χ2n) is 11.1. The minimum Gasteiger partial charge on any atom is -0.427 e. The molecule has 2 aliphatic rings. The third-order valence-corrected chi connectivity index (χ3v) is 9.37. The lowest BCUT2D eigenvalue weighted by molar-refractivity contribution is -0.134. The molecule has 1 aromatic heterocycles. The molecule has 1 saturated carbocycles. The average molecular weight is 589 g/mol. The normalized spacial score (nSPS) is 16.1. The second-order valence-corrected chi connectivity index (χ2v) is 12.3. The van der Waals surface area contributed by atoms with E-state index in [-0.39, 0.29) is 30.0 Å². The Morgan fingerprint density at radius 3 is 2.52 bits per heavy atom. The summed E-state index contributed by atoms with van der Waals surface area (Å²) < 4.78 is 7.00. The summed E-state index contributed by atoms with van der Waals surface area (Å²) >= 11 is 1.74. The van der Waals surface area contributed by atoms with Crippen molar-refractivity contribution in [1.82, 2.24) is 19.8 Å². The highest BCUT2D eigenvalue weighted by atomic mass is 32.2. The Hall–Kier alpha value is -3.43. The van der Waals surface area contributed by atoms with Crippen LogP contribution in [0.2, 0.25) is 0 Å². The summed E-state index contributed by atoms with van der Waals surface area (Å²) in [5.74, 6) is 0.286. The molecule has 0 spiro atoms. The van der Waals surface area contributed by atoms with Gasteiger partial charge in [0.25, 0.3) is 5.56 Å². The van der Waals surface area contributed by atoms with Crippen LogP contribution < -0.4 is 15.6 Å². The summed E-state index contributed by atoms with van der Waals surface area (Å²) in [4.78, 5) is 45.5. The Bertz CT molecular complexity index is 1430. The minimum absolute atomic E-state index is 0.0218. The zero-order valence-electron chi connectivity index (χ0n) is 24.5. The summed E-state index contributed by atoms with van der Waals surface area (Å²) in [6.45, 7) is 5.16. The lowest BCUT2D eigenvalue weighted by Gasteiger charge is -2.30. The minimum atomic E-state index is -0.263. The maximum Gasteiger partial charge on any atom is 0.310 e. The summed E-state index contributed by atoms with van der Waals surface area (Å²) in [5.41, 5.74) is 3.24. The third kappa shape index (κ3) is 7.31. The number of nitrogens with zero attached hydrogens (tertiary/aromatic N) is 3. The molecule has 5 rings (SSSR count). The topological polar surface area (TPSA) is 93.5 Å². The molecule has 8 nitrogen and oxygen atoms in total. The van der Waals surface area contributed by atoms with Gasteiger partial charge in [-0.15, -0.1) is 0 Å². The highest BCUT2D eigenvalue weighted by Crippen LogP contribution is 2.34. The molecule has 1 atom stereocenters. The molecule has 2 heterocycles. The van der Waals surface area contributed by atoms with Crippen LogP contribution in [0.25, 0.3) is 5.69 Å². The van der Waals surface area contributed by atoms with Crippen molar-refractivity contribution in [3.05, 3.63) is 81.8 Å². The van der Waals surface area contributed by atoms with E-state index in [0.717, 1.165) is 34.9 Å². The van der Waals surface area contributed by atoms with Crippen LogP contribution in [0, 0.1) is 0 Å². The van der Waals surface area contributed by atoms with Crippen LogP contribution in [-0.4, -0.2) is 44.7 Å². The molecule has 1 unspecified atom stereocenters. The van der Waals surface area contributed by atoms with Gasteiger partial charge in [-0.05, 0) is 49.6 Å². The van der Waals surface area contributed by atoms with E-state index in [2.05, 4.69) is 5.32 Å². The average Bonchev–Trinajstić information content (AvgIpc) is 3.02. The smallest absolute Gasteiger partial charge is 0.310 e. The number of amides is 1. The second kappa shape index (κ2) is 14.2. The number of para-hydroxylation sites is 1. The molecule has 42 heavy (non-hydrogen) atoms. The quantitative estimate of drug-likeness (QED) is 0.187. The zero-order valence-corrected chi connectivity index (χ0v) is 25.3. The van der Waals surface area contributed by atoms with Crippen molar-refractivity contribution < 1.29 is 14.3 Å². The summed E-state index contributed by atoms with van der Waals surface area (Å²) in [5, 5.41) is 4.66. The van der Waals surface area contributed by atoms with Crippen LogP contribution in [0.1, 0.15) is 81.7 Å². The first-order chi connectivity index (χ1) is 20.4. The Morgan fingerprint density at radius 2 is 1.81 bits per heavy atom. The van der Waals surface area contributed by atoms with Gasteiger partial charge in [-0.25, -0.2) is 4.98 Å².